The Morgan fingerprint density at radius 2 is 2.28 bits per heavy atom. The number of anilines is 1. The van der Waals surface area contributed by atoms with Gasteiger partial charge in [0.05, 0.1) is 23.9 Å². The highest BCUT2D eigenvalue weighted by atomic mass is 79.9. The van der Waals surface area contributed by atoms with Gasteiger partial charge in [0.25, 0.3) is 0 Å². The fraction of sp³-hybridized carbons (Fsp3) is 0.214. The maximum absolute atomic E-state index is 8.82. The Morgan fingerprint density at radius 3 is 2.83 bits per heavy atom. The van der Waals surface area contributed by atoms with E-state index in [0.29, 0.717) is 5.56 Å². The number of nitriles is 1. The molecule has 0 aliphatic rings. The minimum atomic E-state index is 0.129. The van der Waals surface area contributed by atoms with Crippen molar-refractivity contribution in [2.45, 2.75) is 19.4 Å². The summed E-state index contributed by atoms with van der Waals surface area (Å²) in [5, 5.41) is 12.2. The summed E-state index contributed by atoms with van der Waals surface area (Å²) in [7, 11) is 0. The third-order valence-corrected chi connectivity index (χ3v) is 3.38. The summed E-state index contributed by atoms with van der Waals surface area (Å²) < 4.78 is 6.29. The van der Waals surface area contributed by atoms with Crippen LogP contribution in [0.25, 0.3) is 0 Å². The van der Waals surface area contributed by atoms with Crippen molar-refractivity contribution in [3.05, 3.63) is 52.4 Å². The van der Waals surface area contributed by atoms with Crippen LogP contribution in [0.5, 0.6) is 0 Å². The molecule has 1 aromatic heterocycles. The van der Waals surface area contributed by atoms with Gasteiger partial charge in [0.2, 0.25) is 0 Å². The lowest BCUT2D eigenvalue weighted by Crippen LogP contribution is -2.09. The second-order valence-electron chi connectivity index (χ2n) is 3.93. The molecule has 2 rings (SSSR count). The zero-order valence-corrected chi connectivity index (χ0v) is 11.6. The summed E-state index contributed by atoms with van der Waals surface area (Å²) >= 11 is 3.46. The summed E-state index contributed by atoms with van der Waals surface area (Å²) in [4.78, 5) is 0. The first-order chi connectivity index (χ1) is 8.74. The Balaban J connectivity index is 2.20. The smallest absolute Gasteiger partial charge is 0.125 e. The van der Waals surface area contributed by atoms with Gasteiger partial charge in [0.1, 0.15) is 5.76 Å². The predicted octanol–water partition coefficient (Wildman–Crippen LogP) is 4.48. The Morgan fingerprint density at radius 1 is 1.44 bits per heavy atom. The Labute approximate surface area is 115 Å². The lowest BCUT2D eigenvalue weighted by atomic mass is 10.1. The summed E-state index contributed by atoms with van der Waals surface area (Å²) in [5.74, 6) is 0.911. The monoisotopic (exact) mass is 304 g/mol. The van der Waals surface area contributed by atoms with Gasteiger partial charge in [0.15, 0.2) is 0 Å². The summed E-state index contributed by atoms with van der Waals surface area (Å²) in [6, 6.07) is 11.6. The number of nitrogens with one attached hydrogen (secondary N) is 1. The quantitative estimate of drug-likeness (QED) is 0.906. The minimum absolute atomic E-state index is 0.129. The molecular formula is C14H13BrN2O. The molecule has 0 aliphatic heterocycles. The molecule has 1 aromatic carbocycles. The zero-order chi connectivity index (χ0) is 13.0. The second-order valence-corrected chi connectivity index (χ2v) is 4.78. The van der Waals surface area contributed by atoms with Crippen molar-refractivity contribution in [3.63, 3.8) is 0 Å². The van der Waals surface area contributed by atoms with Crippen LogP contribution in [0.3, 0.4) is 0 Å². The van der Waals surface area contributed by atoms with Crippen LogP contribution in [-0.4, -0.2) is 0 Å². The highest BCUT2D eigenvalue weighted by Gasteiger charge is 2.13. The molecule has 1 atom stereocenters. The van der Waals surface area contributed by atoms with E-state index in [9.17, 15) is 0 Å². The molecule has 18 heavy (non-hydrogen) atoms. The van der Waals surface area contributed by atoms with Crippen LogP contribution in [0.15, 0.2) is 45.5 Å². The highest BCUT2D eigenvalue weighted by Crippen LogP contribution is 2.29. The molecule has 1 unspecified atom stereocenters. The van der Waals surface area contributed by atoms with E-state index in [1.54, 1.807) is 18.4 Å². The molecule has 0 aliphatic carbocycles. The molecule has 1 N–H and O–H groups in total. The van der Waals surface area contributed by atoms with Gasteiger partial charge in [-0.1, -0.05) is 6.92 Å². The number of furan rings is 1. The lowest BCUT2D eigenvalue weighted by molar-refractivity contribution is 0.474. The van der Waals surface area contributed by atoms with Crippen molar-refractivity contribution >= 4 is 21.6 Å². The first-order valence-corrected chi connectivity index (χ1v) is 6.53. The van der Waals surface area contributed by atoms with Crippen LogP contribution in [0.4, 0.5) is 5.69 Å². The molecule has 92 valence electrons. The van der Waals surface area contributed by atoms with Crippen molar-refractivity contribution in [2.75, 3.05) is 5.32 Å². The lowest BCUT2D eigenvalue weighted by Gasteiger charge is -2.17. The molecule has 3 nitrogen and oxygen atoms in total. The predicted molar refractivity (Wildman–Crippen MR) is 74.2 cm³/mol. The second kappa shape index (κ2) is 5.74. The van der Waals surface area contributed by atoms with Crippen LogP contribution in [0.2, 0.25) is 0 Å². The van der Waals surface area contributed by atoms with E-state index in [0.717, 1.165) is 22.3 Å². The molecule has 0 bridgehead atoms. The highest BCUT2D eigenvalue weighted by molar-refractivity contribution is 9.10. The average molecular weight is 305 g/mol. The van der Waals surface area contributed by atoms with Gasteiger partial charge >= 0.3 is 0 Å². The SMILES string of the molecule is CCC(Nc1ccc(C#N)cc1Br)c1ccco1. The Bertz CT molecular complexity index is 558. The van der Waals surface area contributed by atoms with E-state index in [1.807, 2.05) is 18.2 Å². The van der Waals surface area contributed by atoms with Crippen molar-refractivity contribution < 1.29 is 4.42 Å². The minimum Gasteiger partial charge on any atom is -0.467 e. The summed E-state index contributed by atoms with van der Waals surface area (Å²) in [6.07, 6.45) is 2.59. The Kier molecular flexibility index (Phi) is 4.06. The van der Waals surface area contributed by atoms with Gasteiger partial charge in [-0.3, -0.25) is 0 Å². The van der Waals surface area contributed by atoms with Crippen molar-refractivity contribution in [2.24, 2.45) is 0 Å². The molecule has 1 heterocycles. The van der Waals surface area contributed by atoms with Crippen molar-refractivity contribution in [3.8, 4) is 6.07 Å². The number of hydrogen-bond donors (Lipinski definition) is 1. The maximum Gasteiger partial charge on any atom is 0.125 e. The van der Waals surface area contributed by atoms with Gasteiger partial charge < -0.3 is 9.73 Å². The first-order valence-electron chi connectivity index (χ1n) is 5.74. The van der Waals surface area contributed by atoms with E-state index in [2.05, 4.69) is 34.2 Å². The van der Waals surface area contributed by atoms with Crippen LogP contribution < -0.4 is 5.32 Å². The normalized spacial score (nSPS) is 11.8. The molecule has 0 amide bonds. The number of hydrogen-bond acceptors (Lipinski definition) is 3. The molecule has 4 heteroatoms. The van der Waals surface area contributed by atoms with Crippen molar-refractivity contribution in [1.29, 1.82) is 5.26 Å². The molecular weight excluding hydrogens is 292 g/mol. The fourth-order valence-electron chi connectivity index (χ4n) is 1.75. The van der Waals surface area contributed by atoms with E-state index >= 15 is 0 Å². The zero-order valence-electron chi connectivity index (χ0n) is 9.98. The number of rotatable bonds is 4. The third kappa shape index (κ3) is 2.74. The molecule has 2 aromatic rings. The largest absolute Gasteiger partial charge is 0.467 e. The molecule has 0 saturated carbocycles. The average Bonchev–Trinajstić information content (AvgIpc) is 2.91. The van der Waals surface area contributed by atoms with Crippen LogP contribution in [-0.2, 0) is 0 Å². The third-order valence-electron chi connectivity index (χ3n) is 2.72. The van der Waals surface area contributed by atoms with E-state index in [4.69, 9.17) is 9.68 Å². The van der Waals surface area contributed by atoms with Gasteiger partial charge in [-0.2, -0.15) is 5.26 Å². The summed E-state index contributed by atoms with van der Waals surface area (Å²) in [5.41, 5.74) is 1.59. The van der Waals surface area contributed by atoms with Crippen LogP contribution in [0.1, 0.15) is 30.7 Å². The van der Waals surface area contributed by atoms with E-state index < -0.39 is 0 Å². The number of benzene rings is 1. The number of halogens is 1. The maximum atomic E-state index is 8.82. The first kappa shape index (κ1) is 12.7. The fourth-order valence-corrected chi connectivity index (χ4v) is 2.25. The van der Waals surface area contributed by atoms with Gasteiger partial charge in [-0.05, 0) is 52.7 Å². The van der Waals surface area contributed by atoms with E-state index in [1.165, 1.54) is 0 Å². The topological polar surface area (TPSA) is 49.0 Å². The van der Waals surface area contributed by atoms with Gasteiger partial charge in [0, 0.05) is 10.2 Å². The van der Waals surface area contributed by atoms with Crippen LogP contribution in [0, 0.1) is 11.3 Å². The van der Waals surface area contributed by atoms with Crippen LogP contribution >= 0.6 is 15.9 Å². The molecule has 0 radical (unpaired) electrons. The Hall–Kier alpha value is -1.73. The molecule has 0 fully saturated rings. The molecule has 0 spiro atoms. The van der Waals surface area contributed by atoms with Crippen molar-refractivity contribution in [1.82, 2.24) is 0 Å². The van der Waals surface area contributed by atoms with E-state index in [-0.39, 0.29) is 6.04 Å². The molecule has 0 saturated heterocycles. The summed E-state index contributed by atoms with van der Waals surface area (Å²) in [6.45, 7) is 2.09. The van der Waals surface area contributed by atoms with Gasteiger partial charge in [-0.25, -0.2) is 0 Å². The van der Waals surface area contributed by atoms with Gasteiger partial charge in [-0.15, -0.1) is 0 Å². The number of nitrogens with zero attached hydrogens (tertiary/aromatic N) is 1. The standard InChI is InChI=1S/C14H13BrN2O/c1-2-12(14-4-3-7-18-14)17-13-6-5-10(9-16)8-11(13)15/h3-8,12,17H,2H2,1H3.